The highest BCUT2D eigenvalue weighted by molar-refractivity contribution is 5.94. The fraction of sp³-hybridized carbons (Fsp3) is 0.357. The Morgan fingerprint density at radius 2 is 1.54 bits per heavy atom. The van der Waals surface area contributed by atoms with Crippen molar-refractivity contribution in [3.8, 4) is 0 Å². The number of benzene rings is 2. The van der Waals surface area contributed by atoms with E-state index >= 15 is 0 Å². The summed E-state index contributed by atoms with van der Waals surface area (Å²) in [7, 11) is 0. The Labute approximate surface area is 226 Å². The maximum atomic E-state index is 13.4. The van der Waals surface area contributed by atoms with E-state index in [1.807, 2.05) is 60.8 Å². The summed E-state index contributed by atoms with van der Waals surface area (Å²) in [6.07, 6.45) is 3.69. The molecule has 0 saturated heterocycles. The van der Waals surface area contributed by atoms with Crippen LogP contribution in [0.25, 0.3) is 10.9 Å². The number of aliphatic carboxylic acids is 1. The fourth-order valence-corrected chi connectivity index (χ4v) is 4.29. The van der Waals surface area contributed by atoms with Crippen LogP contribution in [0.2, 0.25) is 0 Å². The first-order valence-corrected chi connectivity index (χ1v) is 12.9. The van der Waals surface area contributed by atoms with Gasteiger partial charge in [-0.2, -0.15) is 0 Å². The number of para-hydroxylation sites is 1. The minimum Gasteiger partial charge on any atom is -0.480 e. The molecule has 0 fully saturated rings. The molecule has 11 nitrogen and oxygen atoms in total. The molecule has 1 heterocycles. The van der Waals surface area contributed by atoms with E-state index in [2.05, 4.69) is 20.9 Å². The molecule has 39 heavy (non-hydrogen) atoms. The maximum absolute atomic E-state index is 13.4. The molecule has 0 aliphatic carbocycles. The summed E-state index contributed by atoms with van der Waals surface area (Å²) in [6.45, 7) is -0.159. The van der Waals surface area contributed by atoms with Crippen molar-refractivity contribution in [3.05, 3.63) is 71.9 Å². The molecule has 9 N–H and O–H groups in total. The highest BCUT2D eigenvalue weighted by Gasteiger charge is 2.28. The molecule has 0 radical (unpaired) electrons. The SMILES string of the molecule is NCCCCC(NC(=O)C(Cc1ccccc1)NC(=O)C(N)Cc1c[nH]c2ccccc12)C(=O)NCC(=O)O. The van der Waals surface area contributed by atoms with Crippen molar-refractivity contribution in [2.45, 2.75) is 50.2 Å². The summed E-state index contributed by atoms with van der Waals surface area (Å²) < 4.78 is 0. The van der Waals surface area contributed by atoms with E-state index in [-0.39, 0.29) is 19.3 Å². The highest BCUT2D eigenvalue weighted by atomic mass is 16.4. The minimum atomic E-state index is -1.20. The van der Waals surface area contributed by atoms with Gasteiger partial charge in [-0.3, -0.25) is 19.2 Å². The number of carboxylic acid groups (broad SMARTS) is 1. The predicted octanol–water partition coefficient (Wildman–Crippen LogP) is 0.580. The average Bonchev–Trinajstić information content (AvgIpc) is 3.33. The van der Waals surface area contributed by atoms with Crippen LogP contribution in [0.1, 0.15) is 30.4 Å². The van der Waals surface area contributed by atoms with E-state index in [9.17, 15) is 19.2 Å². The molecule has 3 unspecified atom stereocenters. The van der Waals surface area contributed by atoms with Crippen LogP contribution in [-0.4, -0.2) is 65.0 Å². The molecule has 3 atom stereocenters. The molecule has 3 rings (SSSR count). The molecule has 0 bridgehead atoms. The van der Waals surface area contributed by atoms with Gasteiger partial charge in [-0.05, 0) is 49.4 Å². The van der Waals surface area contributed by atoms with Crippen molar-refractivity contribution in [3.63, 3.8) is 0 Å². The Morgan fingerprint density at radius 1 is 0.846 bits per heavy atom. The van der Waals surface area contributed by atoms with Gasteiger partial charge in [0.15, 0.2) is 0 Å². The number of fused-ring (bicyclic) bond motifs is 1. The molecule has 0 aliphatic rings. The molecule has 3 aromatic rings. The van der Waals surface area contributed by atoms with Crippen LogP contribution in [0.4, 0.5) is 0 Å². The van der Waals surface area contributed by atoms with E-state index in [0.29, 0.717) is 19.4 Å². The number of aromatic nitrogens is 1. The molecular weight excluding hydrogens is 500 g/mol. The summed E-state index contributed by atoms with van der Waals surface area (Å²) >= 11 is 0. The lowest BCUT2D eigenvalue weighted by Gasteiger charge is -2.24. The van der Waals surface area contributed by atoms with E-state index in [1.165, 1.54) is 0 Å². The molecule has 3 amide bonds. The lowest BCUT2D eigenvalue weighted by atomic mass is 10.0. The summed E-state index contributed by atoms with van der Waals surface area (Å²) in [4.78, 5) is 53.2. The number of rotatable bonds is 15. The van der Waals surface area contributed by atoms with E-state index in [4.69, 9.17) is 16.6 Å². The first-order chi connectivity index (χ1) is 18.8. The van der Waals surface area contributed by atoms with Crippen molar-refractivity contribution in [1.29, 1.82) is 0 Å². The number of carbonyl (C=O) groups excluding carboxylic acids is 3. The number of H-pyrrole nitrogens is 1. The van der Waals surface area contributed by atoms with E-state index in [0.717, 1.165) is 22.0 Å². The first kappa shape index (κ1) is 29.3. The molecule has 1 aromatic heterocycles. The summed E-state index contributed by atoms with van der Waals surface area (Å²) in [6, 6.07) is 13.9. The number of nitrogens with two attached hydrogens (primary N) is 2. The van der Waals surface area contributed by atoms with Crippen LogP contribution in [0.3, 0.4) is 0 Å². The van der Waals surface area contributed by atoms with Crippen LogP contribution in [-0.2, 0) is 32.0 Å². The zero-order valence-corrected chi connectivity index (χ0v) is 21.7. The Kier molecular flexibility index (Phi) is 11.0. The van der Waals surface area contributed by atoms with E-state index < -0.39 is 48.4 Å². The normalized spacial score (nSPS) is 13.3. The molecule has 2 aromatic carbocycles. The van der Waals surface area contributed by atoms with Crippen molar-refractivity contribution in [2.24, 2.45) is 11.5 Å². The topological polar surface area (TPSA) is 192 Å². The van der Waals surface area contributed by atoms with Crippen LogP contribution < -0.4 is 27.4 Å². The molecule has 0 saturated carbocycles. The zero-order valence-electron chi connectivity index (χ0n) is 21.7. The molecular formula is C28H36N6O5. The monoisotopic (exact) mass is 536 g/mol. The van der Waals surface area contributed by atoms with Crippen LogP contribution in [0.15, 0.2) is 60.8 Å². The van der Waals surface area contributed by atoms with Gasteiger partial charge >= 0.3 is 5.97 Å². The van der Waals surface area contributed by atoms with Crippen molar-refractivity contribution in [2.75, 3.05) is 13.1 Å². The number of unbranched alkanes of at least 4 members (excludes halogenated alkanes) is 1. The van der Waals surface area contributed by atoms with Gasteiger partial charge in [-0.25, -0.2) is 0 Å². The van der Waals surface area contributed by atoms with Crippen LogP contribution >= 0.6 is 0 Å². The van der Waals surface area contributed by atoms with Crippen molar-refractivity contribution >= 4 is 34.6 Å². The highest BCUT2D eigenvalue weighted by Crippen LogP contribution is 2.19. The second kappa shape index (κ2) is 14.6. The van der Waals surface area contributed by atoms with Crippen LogP contribution in [0, 0.1) is 0 Å². The summed E-state index contributed by atoms with van der Waals surface area (Å²) in [5, 5.41) is 17.6. The fourth-order valence-electron chi connectivity index (χ4n) is 4.29. The van der Waals surface area contributed by atoms with Gasteiger partial charge in [-0.1, -0.05) is 48.5 Å². The Balaban J connectivity index is 1.73. The average molecular weight is 537 g/mol. The zero-order chi connectivity index (χ0) is 28.2. The second-order valence-corrected chi connectivity index (χ2v) is 9.38. The van der Waals surface area contributed by atoms with E-state index in [1.54, 1.807) is 0 Å². The Morgan fingerprint density at radius 3 is 2.26 bits per heavy atom. The van der Waals surface area contributed by atoms with Crippen molar-refractivity contribution in [1.82, 2.24) is 20.9 Å². The lowest BCUT2D eigenvalue weighted by Crippen LogP contribution is -2.56. The number of carbonyl (C=O) groups is 4. The van der Waals surface area contributed by atoms with Gasteiger partial charge in [0.25, 0.3) is 0 Å². The van der Waals surface area contributed by atoms with Crippen LogP contribution in [0.5, 0.6) is 0 Å². The van der Waals surface area contributed by atoms with Gasteiger partial charge in [0.05, 0.1) is 6.04 Å². The number of aromatic amines is 1. The standard InChI is InChI=1S/C28H36N6O5/c29-13-7-6-12-23(27(38)32-17-25(35)36)33-28(39)24(14-18-8-2-1-3-9-18)34-26(37)21(30)15-19-16-31-22-11-5-4-10-20(19)22/h1-5,8-11,16,21,23-24,31H,6-7,12-15,17,29-30H2,(H,32,38)(H,33,39)(H,34,37)(H,35,36). The maximum Gasteiger partial charge on any atom is 0.322 e. The van der Waals surface area contributed by atoms with Gasteiger partial charge in [0, 0.05) is 23.5 Å². The molecule has 0 spiro atoms. The lowest BCUT2D eigenvalue weighted by molar-refractivity contribution is -0.138. The number of hydrogen-bond donors (Lipinski definition) is 7. The second-order valence-electron chi connectivity index (χ2n) is 9.38. The third kappa shape index (κ3) is 8.94. The molecule has 11 heteroatoms. The smallest absolute Gasteiger partial charge is 0.322 e. The summed E-state index contributed by atoms with van der Waals surface area (Å²) in [5.74, 6) is -2.90. The minimum absolute atomic E-state index is 0.171. The van der Waals surface area contributed by atoms with Gasteiger partial charge < -0.3 is 37.5 Å². The number of amides is 3. The van der Waals surface area contributed by atoms with Gasteiger partial charge in [0.2, 0.25) is 17.7 Å². The number of carboxylic acids is 1. The summed E-state index contributed by atoms with van der Waals surface area (Å²) in [5.41, 5.74) is 14.4. The third-order valence-electron chi connectivity index (χ3n) is 6.36. The number of nitrogens with one attached hydrogen (secondary N) is 4. The Hall–Kier alpha value is -4.22. The van der Waals surface area contributed by atoms with Gasteiger partial charge in [-0.15, -0.1) is 0 Å². The number of hydrogen-bond acceptors (Lipinski definition) is 6. The first-order valence-electron chi connectivity index (χ1n) is 12.9. The quantitative estimate of drug-likeness (QED) is 0.138. The largest absolute Gasteiger partial charge is 0.480 e. The van der Waals surface area contributed by atoms with Crippen molar-refractivity contribution < 1.29 is 24.3 Å². The van der Waals surface area contributed by atoms with Gasteiger partial charge in [0.1, 0.15) is 18.6 Å². The predicted molar refractivity (Wildman–Crippen MR) is 148 cm³/mol. The molecule has 0 aliphatic heterocycles. The molecule has 208 valence electrons. The Bertz CT molecular complexity index is 1260. The third-order valence-corrected chi connectivity index (χ3v) is 6.36.